The van der Waals surface area contributed by atoms with E-state index in [4.69, 9.17) is 27.2 Å². The minimum atomic E-state index is -0.947. The zero-order valence-electron chi connectivity index (χ0n) is 11.5. The summed E-state index contributed by atoms with van der Waals surface area (Å²) in [5.74, 6) is -0.375. The number of halogens is 1. The molecule has 0 saturated heterocycles. The molecule has 0 spiro atoms. The van der Waals surface area contributed by atoms with E-state index in [0.717, 1.165) is 11.1 Å². The van der Waals surface area contributed by atoms with Crippen LogP contribution in [-0.4, -0.2) is 11.1 Å². The highest BCUT2D eigenvalue weighted by Gasteiger charge is 2.07. The third-order valence-electron chi connectivity index (χ3n) is 3.08. The summed E-state index contributed by atoms with van der Waals surface area (Å²) in [6.07, 6.45) is 0. The molecule has 0 saturated carbocycles. The summed E-state index contributed by atoms with van der Waals surface area (Å²) in [5, 5.41) is 9.34. The zero-order chi connectivity index (χ0) is 15.4. The van der Waals surface area contributed by atoms with Crippen LogP contribution in [0.4, 0.5) is 0 Å². The van der Waals surface area contributed by atoms with Crippen LogP contribution < -0.4 is 10.5 Å². The van der Waals surface area contributed by atoms with Crippen molar-refractivity contribution in [1.82, 2.24) is 0 Å². The lowest BCUT2D eigenvalue weighted by Crippen LogP contribution is -2.05. The molecule has 0 aromatic heterocycles. The van der Waals surface area contributed by atoms with E-state index < -0.39 is 5.97 Å². The van der Waals surface area contributed by atoms with Gasteiger partial charge in [-0.3, -0.25) is 0 Å². The number of aromatic carboxylic acids is 1. The van der Waals surface area contributed by atoms with Gasteiger partial charge in [0.2, 0.25) is 0 Å². The monoisotopic (exact) mass is 305 g/mol. The Balaban J connectivity index is 2.04. The number of hydrogen-bond donors (Lipinski definition) is 2. The summed E-state index contributed by atoms with van der Waals surface area (Å²) >= 11 is 6.15. The predicted octanol–water partition coefficient (Wildman–Crippen LogP) is 3.64. The molecule has 0 bridgehead atoms. The number of carbonyl (C=O) groups is 1. The van der Waals surface area contributed by atoms with E-state index in [-0.39, 0.29) is 11.6 Å². The van der Waals surface area contributed by atoms with Crippen LogP contribution in [0.1, 0.15) is 34.5 Å². The summed E-state index contributed by atoms with van der Waals surface area (Å²) in [6.45, 7) is 2.20. The van der Waals surface area contributed by atoms with Crippen molar-refractivity contribution in [3.8, 4) is 5.75 Å². The topological polar surface area (TPSA) is 72.5 Å². The fourth-order valence-corrected chi connectivity index (χ4v) is 2.07. The molecule has 21 heavy (non-hydrogen) atoms. The van der Waals surface area contributed by atoms with Gasteiger partial charge in [-0.15, -0.1) is 0 Å². The highest BCUT2D eigenvalue weighted by Crippen LogP contribution is 2.28. The first-order valence-electron chi connectivity index (χ1n) is 6.47. The third-order valence-corrected chi connectivity index (χ3v) is 3.37. The second kappa shape index (κ2) is 6.61. The summed E-state index contributed by atoms with van der Waals surface area (Å²) in [5.41, 5.74) is 7.85. The molecule has 5 heteroatoms. The fraction of sp³-hybridized carbons (Fsp3) is 0.188. The van der Waals surface area contributed by atoms with Crippen LogP contribution in [0.2, 0.25) is 5.02 Å². The van der Waals surface area contributed by atoms with Crippen LogP contribution in [-0.2, 0) is 6.61 Å². The molecule has 2 aromatic carbocycles. The Bertz CT molecular complexity index is 638. The number of nitrogens with two attached hydrogens (primary N) is 1. The average Bonchev–Trinajstić information content (AvgIpc) is 2.46. The number of carboxylic acids is 1. The Kier molecular flexibility index (Phi) is 4.83. The van der Waals surface area contributed by atoms with Crippen molar-refractivity contribution in [1.29, 1.82) is 0 Å². The summed E-state index contributed by atoms with van der Waals surface area (Å²) in [6, 6.07) is 11.9. The van der Waals surface area contributed by atoms with Crippen molar-refractivity contribution in [2.75, 3.05) is 0 Å². The summed E-state index contributed by atoms with van der Waals surface area (Å²) in [7, 11) is 0. The van der Waals surface area contributed by atoms with Crippen molar-refractivity contribution in [2.24, 2.45) is 5.73 Å². The van der Waals surface area contributed by atoms with E-state index in [1.54, 1.807) is 36.4 Å². The molecule has 0 aliphatic carbocycles. The molecule has 2 aromatic rings. The first-order valence-corrected chi connectivity index (χ1v) is 6.85. The number of rotatable bonds is 5. The smallest absolute Gasteiger partial charge is 0.335 e. The maximum atomic E-state index is 10.8. The molecule has 0 aliphatic heterocycles. The highest BCUT2D eigenvalue weighted by atomic mass is 35.5. The largest absolute Gasteiger partial charge is 0.487 e. The quantitative estimate of drug-likeness (QED) is 0.884. The van der Waals surface area contributed by atoms with Gasteiger partial charge in [-0.25, -0.2) is 4.79 Å². The Hall–Kier alpha value is -2.04. The Morgan fingerprint density at radius 3 is 2.48 bits per heavy atom. The van der Waals surface area contributed by atoms with Crippen molar-refractivity contribution in [3.05, 3.63) is 64.2 Å². The molecule has 0 amide bonds. The van der Waals surface area contributed by atoms with Gasteiger partial charge in [0.15, 0.2) is 0 Å². The first kappa shape index (κ1) is 15.4. The van der Waals surface area contributed by atoms with Crippen molar-refractivity contribution in [2.45, 2.75) is 19.6 Å². The highest BCUT2D eigenvalue weighted by molar-refractivity contribution is 6.32. The molecule has 1 unspecified atom stereocenters. The minimum absolute atomic E-state index is 0.0832. The van der Waals surface area contributed by atoms with Gasteiger partial charge in [0.1, 0.15) is 12.4 Å². The van der Waals surface area contributed by atoms with Crippen molar-refractivity contribution < 1.29 is 14.6 Å². The minimum Gasteiger partial charge on any atom is -0.487 e. The number of hydrogen-bond acceptors (Lipinski definition) is 3. The lowest BCUT2D eigenvalue weighted by atomic mass is 10.1. The Labute approximate surface area is 128 Å². The molecular weight excluding hydrogens is 290 g/mol. The van der Waals surface area contributed by atoms with Gasteiger partial charge in [0.25, 0.3) is 0 Å². The van der Waals surface area contributed by atoms with Crippen LogP contribution in [0.5, 0.6) is 5.75 Å². The predicted molar refractivity (Wildman–Crippen MR) is 81.8 cm³/mol. The Morgan fingerprint density at radius 2 is 1.95 bits per heavy atom. The molecule has 4 nitrogen and oxygen atoms in total. The third kappa shape index (κ3) is 3.97. The molecule has 0 aliphatic rings. The van der Waals surface area contributed by atoms with Crippen molar-refractivity contribution >= 4 is 17.6 Å². The maximum absolute atomic E-state index is 10.8. The standard InChI is InChI=1S/C16H16ClNO3/c1-10(18)13-6-7-15(14(17)8-13)21-9-11-2-4-12(5-3-11)16(19)20/h2-8,10H,9,18H2,1H3,(H,19,20). The van der Waals surface area contributed by atoms with E-state index in [9.17, 15) is 4.79 Å². The van der Waals surface area contributed by atoms with Crippen LogP contribution >= 0.6 is 11.6 Å². The van der Waals surface area contributed by atoms with Crippen LogP contribution in [0, 0.1) is 0 Å². The fourth-order valence-electron chi connectivity index (χ4n) is 1.82. The van der Waals surface area contributed by atoms with Gasteiger partial charge in [-0.05, 0) is 42.3 Å². The molecule has 0 heterocycles. The maximum Gasteiger partial charge on any atom is 0.335 e. The average molecular weight is 306 g/mol. The van der Waals surface area contributed by atoms with E-state index >= 15 is 0 Å². The van der Waals surface area contributed by atoms with Crippen LogP contribution in [0.15, 0.2) is 42.5 Å². The molecule has 0 fully saturated rings. The lowest BCUT2D eigenvalue weighted by Gasteiger charge is -2.11. The molecule has 0 radical (unpaired) electrons. The second-order valence-electron chi connectivity index (χ2n) is 4.77. The van der Waals surface area contributed by atoms with E-state index in [2.05, 4.69) is 0 Å². The van der Waals surface area contributed by atoms with Gasteiger partial charge < -0.3 is 15.6 Å². The van der Waals surface area contributed by atoms with E-state index in [1.165, 1.54) is 0 Å². The Morgan fingerprint density at radius 1 is 1.29 bits per heavy atom. The normalized spacial score (nSPS) is 12.0. The molecule has 2 rings (SSSR count). The van der Waals surface area contributed by atoms with Crippen LogP contribution in [0.25, 0.3) is 0 Å². The van der Waals surface area contributed by atoms with Gasteiger partial charge >= 0.3 is 5.97 Å². The first-order chi connectivity index (χ1) is 9.97. The molecule has 110 valence electrons. The van der Waals surface area contributed by atoms with Gasteiger partial charge in [0, 0.05) is 6.04 Å². The molecule has 3 N–H and O–H groups in total. The van der Waals surface area contributed by atoms with Gasteiger partial charge in [0.05, 0.1) is 10.6 Å². The number of carboxylic acid groups (broad SMARTS) is 1. The molecule has 1 atom stereocenters. The van der Waals surface area contributed by atoms with Gasteiger partial charge in [-0.2, -0.15) is 0 Å². The van der Waals surface area contributed by atoms with E-state index in [1.807, 2.05) is 13.0 Å². The molecular formula is C16H16ClNO3. The number of benzene rings is 2. The van der Waals surface area contributed by atoms with Gasteiger partial charge in [-0.1, -0.05) is 29.8 Å². The van der Waals surface area contributed by atoms with E-state index in [0.29, 0.717) is 17.4 Å². The van der Waals surface area contributed by atoms with Crippen molar-refractivity contribution in [3.63, 3.8) is 0 Å². The summed E-state index contributed by atoms with van der Waals surface area (Å²) < 4.78 is 5.64. The lowest BCUT2D eigenvalue weighted by molar-refractivity contribution is 0.0697. The van der Waals surface area contributed by atoms with Crippen LogP contribution in [0.3, 0.4) is 0 Å². The zero-order valence-corrected chi connectivity index (χ0v) is 12.3. The summed E-state index contributed by atoms with van der Waals surface area (Å²) in [4.78, 5) is 10.8. The second-order valence-corrected chi connectivity index (χ2v) is 5.18. The SMILES string of the molecule is CC(N)c1ccc(OCc2ccc(C(=O)O)cc2)c(Cl)c1. The number of ether oxygens (including phenoxy) is 1.